The molecule has 2 N–H and O–H groups in total. The van der Waals surface area contributed by atoms with Gasteiger partial charge in [0.2, 0.25) is 0 Å². The molecule has 0 spiro atoms. The monoisotopic (exact) mass is 183 g/mol. The number of rotatable bonds is 3. The summed E-state index contributed by atoms with van der Waals surface area (Å²) in [5, 5.41) is 0. The molecule has 0 unspecified atom stereocenters. The molecule has 1 aromatic carbocycles. The van der Waals surface area contributed by atoms with Crippen LogP contribution in [-0.2, 0) is 0 Å². The SMILES string of the molecule is C=CC[C@@H](N)c1ccc(F)c(F)c1. The average Bonchev–Trinajstić information content (AvgIpc) is 2.10. The maximum Gasteiger partial charge on any atom is 0.159 e. The van der Waals surface area contributed by atoms with E-state index in [4.69, 9.17) is 5.73 Å². The predicted octanol–water partition coefficient (Wildman–Crippen LogP) is 2.54. The molecule has 0 aromatic heterocycles. The second-order valence-electron chi connectivity index (χ2n) is 2.80. The van der Waals surface area contributed by atoms with Crippen LogP contribution in [0.4, 0.5) is 8.78 Å². The van der Waals surface area contributed by atoms with Crippen molar-refractivity contribution in [3.63, 3.8) is 0 Å². The second-order valence-corrected chi connectivity index (χ2v) is 2.80. The van der Waals surface area contributed by atoms with Gasteiger partial charge in [0.1, 0.15) is 0 Å². The van der Waals surface area contributed by atoms with Crippen LogP contribution in [0.25, 0.3) is 0 Å². The third-order valence-electron chi connectivity index (χ3n) is 1.79. The molecule has 0 amide bonds. The van der Waals surface area contributed by atoms with Crippen LogP contribution in [0.3, 0.4) is 0 Å². The molecule has 0 saturated heterocycles. The van der Waals surface area contributed by atoms with E-state index in [0.717, 1.165) is 12.1 Å². The van der Waals surface area contributed by atoms with Crippen LogP contribution < -0.4 is 5.73 Å². The Kier molecular flexibility index (Phi) is 3.14. The summed E-state index contributed by atoms with van der Waals surface area (Å²) >= 11 is 0. The van der Waals surface area contributed by atoms with Gasteiger partial charge in [0.25, 0.3) is 0 Å². The van der Waals surface area contributed by atoms with Gasteiger partial charge in [0.15, 0.2) is 11.6 Å². The predicted molar refractivity (Wildman–Crippen MR) is 48.1 cm³/mol. The zero-order valence-electron chi connectivity index (χ0n) is 7.13. The van der Waals surface area contributed by atoms with E-state index >= 15 is 0 Å². The molecule has 13 heavy (non-hydrogen) atoms. The average molecular weight is 183 g/mol. The van der Waals surface area contributed by atoms with Crippen molar-refractivity contribution in [2.24, 2.45) is 5.73 Å². The maximum atomic E-state index is 12.7. The summed E-state index contributed by atoms with van der Waals surface area (Å²) in [4.78, 5) is 0. The number of hydrogen-bond donors (Lipinski definition) is 1. The summed E-state index contributed by atoms with van der Waals surface area (Å²) in [7, 11) is 0. The lowest BCUT2D eigenvalue weighted by Gasteiger charge is -2.08. The minimum absolute atomic E-state index is 0.312. The van der Waals surface area contributed by atoms with Crippen LogP contribution in [0.15, 0.2) is 30.9 Å². The number of nitrogens with two attached hydrogens (primary N) is 1. The Balaban J connectivity index is 2.89. The molecule has 0 heterocycles. The zero-order chi connectivity index (χ0) is 9.84. The topological polar surface area (TPSA) is 26.0 Å². The van der Waals surface area contributed by atoms with Crippen molar-refractivity contribution in [3.05, 3.63) is 48.1 Å². The molecule has 1 aromatic rings. The standard InChI is InChI=1S/C10H11F2N/c1-2-3-10(13)7-4-5-8(11)9(12)6-7/h2,4-6,10H,1,3,13H2/t10-/m1/s1. The highest BCUT2D eigenvalue weighted by atomic mass is 19.2. The fourth-order valence-electron chi connectivity index (χ4n) is 1.06. The minimum atomic E-state index is -0.864. The highest BCUT2D eigenvalue weighted by Crippen LogP contribution is 2.16. The van der Waals surface area contributed by atoms with Crippen LogP contribution in [0.2, 0.25) is 0 Å². The molecular weight excluding hydrogens is 172 g/mol. The summed E-state index contributed by atoms with van der Waals surface area (Å²) in [6.45, 7) is 3.52. The maximum absolute atomic E-state index is 12.7. The first-order chi connectivity index (χ1) is 6.15. The lowest BCUT2D eigenvalue weighted by Crippen LogP contribution is -2.09. The molecule has 1 atom stereocenters. The van der Waals surface area contributed by atoms with Gasteiger partial charge in [-0.15, -0.1) is 6.58 Å². The molecule has 70 valence electrons. The quantitative estimate of drug-likeness (QED) is 0.716. The second kappa shape index (κ2) is 4.14. The molecule has 0 saturated carbocycles. The Bertz CT molecular complexity index is 310. The van der Waals surface area contributed by atoms with Crippen LogP contribution in [0.1, 0.15) is 18.0 Å². The van der Waals surface area contributed by atoms with Gasteiger partial charge in [-0.25, -0.2) is 8.78 Å². The van der Waals surface area contributed by atoms with Crippen LogP contribution in [0, 0.1) is 11.6 Å². The Morgan fingerprint density at radius 1 is 1.38 bits per heavy atom. The lowest BCUT2D eigenvalue weighted by molar-refractivity contribution is 0.505. The highest BCUT2D eigenvalue weighted by molar-refractivity contribution is 5.21. The van der Waals surface area contributed by atoms with Gasteiger partial charge in [0, 0.05) is 6.04 Å². The van der Waals surface area contributed by atoms with Crippen molar-refractivity contribution in [3.8, 4) is 0 Å². The van der Waals surface area contributed by atoms with E-state index in [9.17, 15) is 8.78 Å². The molecule has 0 aliphatic rings. The summed E-state index contributed by atoms with van der Waals surface area (Å²) < 4.78 is 25.2. The van der Waals surface area contributed by atoms with Gasteiger partial charge in [-0.3, -0.25) is 0 Å². The molecule has 0 radical (unpaired) electrons. The van der Waals surface area contributed by atoms with Gasteiger partial charge < -0.3 is 5.73 Å². The molecule has 0 aliphatic heterocycles. The number of hydrogen-bond acceptors (Lipinski definition) is 1. The minimum Gasteiger partial charge on any atom is -0.324 e. The first-order valence-corrected chi connectivity index (χ1v) is 3.96. The Hall–Kier alpha value is -1.22. The number of benzene rings is 1. The highest BCUT2D eigenvalue weighted by Gasteiger charge is 2.07. The Morgan fingerprint density at radius 2 is 2.08 bits per heavy atom. The van der Waals surface area contributed by atoms with Crippen molar-refractivity contribution < 1.29 is 8.78 Å². The van der Waals surface area contributed by atoms with Crippen LogP contribution in [-0.4, -0.2) is 0 Å². The molecule has 3 heteroatoms. The Morgan fingerprint density at radius 3 is 2.62 bits per heavy atom. The van der Waals surface area contributed by atoms with Crippen molar-refractivity contribution in [2.75, 3.05) is 0 Å². The van der Waals surface area contributed by atoms with Gasteiger partial charge in [-0.1, -0.05) is 12.1 Å². The summed E-state index contributed by atoms with van der Waals surface area (Å²) in [6.07, 6.45) is 2.19. The third-order valence-corrected chi connectivity index (χ3v) is 1.79. The van der Waals surface area contributed by atoms with E-state index in [1.165, 1.54) is 6.07 Å². The molecule has 1 rings (SSSR count). The largest absolute Gasteiger partial charge is 0.324 e. The van der Waals surface area contributed by atoms with Gasteiger partial charge >= 0.3 is 0 Å². The van der Waals surface area contributed by atoms with Gasteiger partial charge in [-0.05, 0) is 24.1 Å². The summed E-state index contributed by atoms with van der Waals surface area (Å²) in [6, 6.07) is 3.36. The van der Waals surface area contributed by atoms with Crippen molar-refractivity contribution >= 4 is 0 Å². The van der Waals surface area contributed by atoms with E-state index in [-0.39, 0.29) is 6.04 Å². The van der Waals surface area contributed by atoms with E-state index in [0.29, 0.717) is 12.0 Å². The van der Waals surface area contributed by atoms with Crippen molar-refractivity contribution in [1.29, 1.82) is 0 Å². The molecule has 1 nitrogen and oxygen atoms in total. The lowest BCUT2D eigenvalue weighted by atomic mass is 10.0. The van der Waals surface area contributed by atoms with E-state index in [2.05, 4.69) is 6.58 Å². The molecule has 0 aliphatic carbocycles. The van der Waals surface area contributed by atoms with E-state index < -0.39 is 11.6 Å². The van der Waals surface area contributed by atoms with Crippen LogP contribution >= 0.6 is 0 Å². The summed E-state index contributed by atoms with van der Waals surface area (Å²) in [5.41, 5.74) is 6.25. The van der Waals surface area contributed by atoms with E-state index in [1.807, 2.05) is 0 Å². The summed E-state index contributed by atoms with van der Waals surface area (Å²) in [5.74, 6) is -1.72. The first-order valence-electron chi connectivity index (χ1n) is 3.96. The van der Waals surface area contributed by atoms with Crippen LogP contribution in [0.5, 0.6) is 0 Å². The first kappa shape index (κ1) is 9.86. The van der Waals surface area contributed by atoms with Gasteiger partial charge in [-0.2, -0.15) is 0 Å². The number of halogens is 2. The van der Waals surface area contributed by atoms with Crippen molar-refractivity contribution in [2.45, 2.75) is 12.5 Å². The normalized spacial score (nSPS) is 12.5. The van der Waals surface area contributed by atoms with E-state index in [1.54, 1.807) is 6.08 Å². The zero-order valence-corrected chi connectivity index (χ0v) is 7.13. The molecule has 0 bridgehead atoms. The smallest absolute Gasteiger partial charge is 0.159 e. The fraction of sp³-hybridized carbons (Fsp3) is 0.200. The van der Waals surface area contributed by atoms with Gasteiger partial charge in [0.05, 0.1) is 0 Å². The third kappa shape index (κ3) is 2.36. The Labute approximate surface area is 75.9 Å². The molecule has 0 fully saturated rings. The molecular formula is C10H11F2N. The van der Waals surface area contributed by atoms with Crippen molar-refractivity contribution in [1.82, 2.24) is 0 Å². The fourth-order valence-corrected chi connectivity index (χ4v) is 1.06.